The molecule has 0 radical (unpaired) electrons. The maximum Gasteiger partial charge on any atom is 0.262 e. The Morgan fingerprint density at radius 3 is 2.68 bits per heavy atom. The molecule has 1 saturated heterocycles. The van der Waals surface area contributed by atoms with Gasteiger partial charge in [0.15, 0.2) is 5.16 Å². The summed E-state index contributed by atoms with van der Waals surface area (Å²) in [5.74, 6) is 1.49. The van der Waals surface area contributed by atoms with Crippen molar-refractivity contribution in [1.29, 1.82) is 0 Å². The van der Waals surface area contributed by atoms with Crippen molar-refractivity contribution < 1.29 is 4.74 Å². The highest BCUT2D eigenvalue weighted by atomic mass is 32.2. The highest BCUT2D eigenvalue weighted by molar-refractivity contribution is 7.99. The zero-order chi connectivity index (χ0) is 20.1. The van der Waals surface area contributed by atoms with E-state index in [1.54, 1.807) is 11.8 Å². The lowest BCUT2D eigenvalue weighted by Gasteiger charge is -2.31. The number of benzene rings is 1. The van der Waals surface area contributed by atoms with Crippen LogP contribution in [0.15, 0.2) is 34.2 Å². The molecule has 1 unspecified atom stereocenters. The van der Waals surface area contributed by atoms with Gasteiger partial charge >= 0.3 is 0 Å². The molecule has 1 fully saturated rings. The third kappa shape index (κ3) is 5.16. The van der Waals surface area contributed by atoms with E-state index in [9.17, 15) is 4.79 Å². The average molecular weight is 404 g/mol. The van der Waals surface area contributed by atoms with E-state index in [-0.39, 0.29) is 5.56 Å². The van der Waals surface area contributed by atoms with Gasteiger partial charge in [0.25, 0.3) is 5.56 Å². The van der Waals surface area contributed by atoms with Crippen LogP contribution in [0, 0.1) is 5.92 Å². The van der Waals surface area contributed by atoms with Crippen LogP contribution < -0.4 is 5.56 Å². The molecule has 0 saturated carbocycles. The Morgan fingerprint density at radius 1 is 1.25 bits per heavy atom. The Bertz CT molecular complexity index is 820. The topological polar surface area (TPSA) is 47.4 Å². The van der Waals surface area contributed by atoms with Crippen LogP contribution in [-0.2, 0) is 11.3 Å². The van der Waals surface area contributed by atoms with Crippen molar-refractivity contribution >= 4 is 22.7 Å². The first-order valence-corrected chi connectivity index (χ1v) is 11.4. The second-order valence-electron chi connectivity index (χ2n) is 8.19. The van der Waals surface area contributed by atoms with E-state index in [0.717, 1.165) is 42.6 Å². The quantitative estimate of drug-likeness (QED) is 0.492. The first-order valence-electron chi connectivity index (χ1n) is 10.4. The average Bonchev–Trinajstić information content (AvgIpc) is 2.68. The molecule has 1 aromatic carbocycles. The normalized spacial score (nSPS) is 17.9. The third-order valence-electron chi connectivity index (χ3n) is 5.44. The van der Waals surface area contributed by atoms with Gasteiger partial charge in [-0.25, -0.2) is 4.98 Å². The van der Waals surface area contributed by atoms with Crippen molar-refractivity contribution in [3.63, 3.8) is 0 Å². The molecule has 1 aliphatic rings. The van der Waals surface area contributed by atoms with Crippen LogP contribution >= 0.6 is 11.8 Å². The maximum absolute atomic E-state index is 13.2. The van der Waals surface area contributed by atoms with Crippen molar-refractivity contribution in [3.8, 4) is 0 Å². The third-order valence-corrected chi connectivity index (χ3v) is 6.65. The maximum atomic E-state index is 13.2. The molecule has 2 aromatic rings. The van der Waals surface area contributed by atoms with Crippen molar-refractivity contribution in [2.45, 2.75) is 64.3 Å². The van der Waals surface area contributed by atoms with Crippen LogP contribution in [0.4, 0.5) is 0 Å². The fourth-order valence-corrected chi connectivity index (χ4v) is 5.06. The summed E-state index contributed by atoms with van der Waals surface area (Å²) >= 11 is 1.70. The summed E-state index contributed by atoms with van der Waals surface area (Å²) in [6.07, 6.45) is 2.32. The van der Waals surface area contributed by atoms with Gasteiger partial charge in [-0.1, -0.05) is 23.9 Å². The van der Waals surface area contributed by atoms with Gasteiger partial charge in [0.05, 0.1) is 17.5 Å². The molecule has 6 heteroatoms. The molecule has 1 aliphatic heterocycles. The number of aromatic nitrogens is 2. The van der Waals surface area contributed by atoms with E-state index < -0.39 is 0 Å². The van der Waals surface area contributed by atoms with E-state index in [2.05, 4.69) is 32.6 Å². The van der Waals surface area contributed by atoms with Gasteiger partial charge in [0, 0.05) is 37.5 Å². The molecule has 0 bridgehead atoms. The summed E-state index contributed by atoms with van der Waals surface area (Å²) in [5, 5.41) is 1.54. The standard InChI is InChI=1S/C22H33N3O2S/c1-16(2)24(17(3)4)11-12-25-21(26)19-9-5-6-10-20(19)23-22(25)28-15-18-8-7-13-27-14-18/h5-6,9-10,16-18H,7-8,11-15H2,1-4H3. The molecule has 1 aromatic heterocycles. The number of nitrogens with zero attached hydrogens (tertiary/aromatic N) is 3. The van der Waals surface area contributed by atoms with E-state index in [1.165, 1.54) is 6.42 Å². The van der Waals surface area contributed by atoms with Crippen molar-refractivity contribution in [2.24, 2.45) is 5.92 Å². The van der Waals surface area contributed by atoms with Gasteiger partial charge in [-0.3, -0.25) is 14.3 Å². The first kappa shape index (κ1) is 21.3. The number of hydrogen-bond donors (Lipinski definition) is 0. The molecule has 0 amide bonds. The summed E-state index contributed by atoms with van der Waals surface area (Å²) < 4.78 is 7.50. The molecule has 5 nitrogen and oxygen atoms in total. The summed E-state index contributed by atoms with van der Waals surface area (Å²) in [6, 6.07) is 8.56. The molecule has 1 atom stereocenters. The van der Waals surface area contributed by atoms with Gasteiger partial charge in [-0.2, -0.15) is 0 Å². The van der Waals surface area contributed by atoms with Crippen LogP contribution in [0.25, 0.3) is 10.9 Å². The summed E-state index contributed by atoms with van der Waals surface area (Å²) in [5.41, 5.74) is 0.858. The lowest BCUT2D eigenvalue weighted by Crippen LogP contribution is -2.40. The number of thioether (sulfide) groups is 1. The van der Waals surface area contributed by atoms with E-state index >= 15 is 0 Å². The zero-order valence-electron chi connectivity index (χ0n) is 17.6. The van der Waals surface area contributed by atoms with Gasteiger partial charge < -0.3 is 4.74 Å². The predicted molar refractivity (Wildman–Crippen MR) is 117 cm³/mol. The van der Waals surface area contributed by atoms with Crippen molar-refractivity contribution in [3.05, 3.63) is 34.6 Å². The number of fused-ring (bicyclic) bond motifs is 1. The smallest absolute Gasteiger partial charge is 0.262 e. The Hall–Kier alpha value is -1.37. The molecule has 154 valence electrons. The molecule has 0 aliphatic carbocycles. The van der Waals surface area contributed by atoms with Crippen molar-refractivity contribution in [1.82, 2.24) is 14.5 Å². The molecule has 0 N–H and O–H groups in total. The van der Waals surface area contributed by atoms with Gasteiger partial charge in [0.1, 0.15) is 0 Å². The summed E-state index contributed by atoms with van der Waals surface area (Å²) in [7, 11) is 0. The molecule has 3 rings (SSSR count). The monoisotopic (exact) mass is 403 g/mol. The van der Waals surface area contributed by atoms with Crippen LogP contribution in [-0.4, -0.2) is 52.0 Å². The second-order valence-corrected chi connectivity index (χ2v) is 9.17. The largest absolute Gasteiger partial charge is 0.381 e. The number of rotatable bonds is 8. The number of ether oxygens (including phenoxy) is 1. The lowest BCUT2D eigenvalue weighted by atomic mass is 10.1. The molecular weight excluding hydrogens is 370 g/mol. The zero-order valence-corrected chi connectivity index (χ0v) is 18.4. The van der Waals surface area contributed by atoms with E-state index in [4.69, 9.17) is 9.72 Å². The first-order chi connectivity index (χ1) is 13.5. The van der Waals surface area contributed by atoms with Crippen LogP contribution in [0.2, 0.25) is 0 Å². The molecule has 28 heavy (non-hydrogen) atoms. The Labute approximate surface area is 172 Å². The molecule has 0 spiro atoms. The fraction of sp³-hybridized carbons (Fsp3) is 0.636. The SMILES string of the molecule is CC(C)N(CCn1c(SCC2CCCOC2)nc2ccccc2c1=O)C(C)C. The predicted octanol–water partition coefficient (Wildman–Crippen LogP) is 4.03. The second kappa shape index (κ2) is 9.90. The van der Waals surface area contributed by atoms with Crippen LogP contribution in [0.5, 0.6) is 0 Å². The van der Waals surface area contributed by atoms with E-state index in [1.807, 2.05) is 28.8 Å². The number of hydrogen-bond acceptors (Lipinski definition) is 5. The summed E-state index contributed by atoms with van der Waals surface area (Å²) in [6.45, 7) is 12.0. The van der Waals surface area contributed by atoms with Gasteiger partial charge in [-0.15, -0.1) is 0 Å². The Morgan fingerprint density at radius 2 is 2.00 bits per heavy atom. The lowest BCUT2D eigenvalue weighted by molar-refractivity contribution is 0.0632. The van der Waals surface area contributed by atoms with Crippen molar-refractivity contribution in [2.75, 3.05) is 25.5 Å². The van der Waals surface area contributed by atoms with Crippen LogP contribution in [0.3, 0.4) is 0 Å². The minimum atomic E-state index is 0.0699. The highest BCUT2D eigenvalue weighted by Crippen LogP contribution is 2.24. The van der Waals surface area contributed by atoms with E-state index in [0.29, 0.717) is 29.9 Å². The van der Waals surface area contributed by atoms with Gasteiger partial charge in [-0.05, 0) is 58.6 Å². The van der Waals surface area contributed by atoms with Gasteiger partial charge in [0.2, 0.25) is 0 Å². The minimum Gasteiger partial charge on any atom is -0.381 e. The summed E-state index contributed by atoms with van der Waals surface area (Å²) in [4.78, 5) is 20.5. The fourth-order valence-electron chi connectivity index (χ4n) is 3.91. The Balaban J connectivity index is 1.86. The minimum absolute atomic E-state index is 0.0699. The molecular formula is C22H33N3O2S. The van der Waals surface area contributed by atoms with Crippen LogP contribution in [0.1, 0.15) is 40.5 Å². The highest BCUT2D eigenvalue weighted by Gasteiger charge is 2.19. The number of para-hydroxylation sites is 1. The Kier molecular flexibility index (Phi) is 7.55. The molecule has 2 heterocycles.